The van der Waals surface area contributed by atoms with Gasteiger partial charge in [0.1, 0.15) is 5.75 Å². The van der Waals surface area contributed by atoms with Crippen molar-refractivity contribution in [1.29, 1.82) is 0 Å². The summed E-state index contributed by atoms with van der Waals surface area (Å²) in [4.78, 5) is 14.0. The summed E-state index contributed by atoms with van der Waals surface area (Å²) >= 11 is 6.02. The van der Waals surface area contributed by atoms with Gasteiger partial charge in [0.2, 0.25) is 0 Å². The summed E-state index contributed by atoms with van der Waals surface area (Å²) in [7, 11) is 1.42. The standard InChI is InChI=1S/C27H37ClN2O3/c1-20-18-30(19-22-9-12-24(28)13-10-22)21(2)17-25(20)29-15-6-16-33-26-8-5-4-7-23(26)11-14-27(31)32-3/h4-5,7-10,12-13,20-21,25,29H,6,11,14-19H2,1-3H3/t20-,21-,25+/m1/s1. The Balaban J connectivity index is 1.38. The number of hydrogen-bond acceptors (Lipinski definition) is 5. The first kappa shape index (κ1) is 25.5. The van der Waals surface area contributed by atoms with E-state index in [-0.39, 0.29) is 5.97 Å². The second-order valence-corrected chi connectivity index (χ2v) is 9.50. The monoisotopic (exact) mass is 472 g/mol. The molecule has 0 radical (unpaired) electrons. The SMILES string of the molecule is COC(=O)CCc1ccccc1OCCCN[C@H]1C[C@@H](C)N(Cc2ccc(Cl)cc2)C[C@H]1C. The highest BCUT2D eigenvalue weighted by Gasteiger charge is 2.30. The molecule has 0 aromatic heterocycles. The molecular formula is C27H37ClN2O3. The maximum absolute atomic E-state index is 11.4. The molecule has 1 aliphatic rings. The molecule has 3 rings (SSSR count). The van der Waals surface area contributed by atoms with Crippen LogP contribution in [0.5, 0.6) is 5.75 Å². The summed E-state index contributed by atoms with van der Waals surface area (Å²) in [6.45, 7) is 8.31. The van der Waals surface area contributed by atoms with Crippen molar-refractivity contribution in [3.05, 3.63) is 64.7 Å². The summed E-state index contributed by atoms with van der Waals surface area (Å²) < 4.78 is 10.8. The molecule has 2 aromatic carbocycles. The third-order valence-corrected chi connectivity index (χ3v) is 6.76. The van der Waals surface area contributed by atoms with E-state index in [4.69, 9.17) is 21.1 Å². The Labute approximate surface area is 203 Å². The van der Waals surface area contributed by atoms with Crippen LogP contribution in [0.1, 0.15) is 44.2 Å². The molecule has 0 unspecified atom stereocenters. The third kappa shape index (κ3) is 8.02. The number of aryl methyl sites for hydroxylation is 1. The number of nitrogens with zero attached hydrogens (tertiary/aromatic N) is 1. The van der Waals surface area contributed by atoms with Crippen LogP contribution in [0.3, 0.4) is 0 Å². The fourth-order valence-electron chi connectivity index (χ4n) is 4.49. The summed E-state index contributed by atoms with van der Waals surface area (Å²) in [5, 5.41) is 4.55. The predicted octanol–water partition coefficient (Wildman–Crippen LogP) is 5.10. The van der Waals surface area contributed by atoms with Gasteiger partial charge in [0.15, 0.2) is 0 Å². The number of rotatable bonds is 11. The molecule has 33 heavy (non-hydrogen) atoms. The van der Waals surface area contributed by atoms with Crippen LogP contribution >= 0.6 is 11.6 Å². The summed E-state index contributed by atoms with van der Waals surface area (Å²) in [5.74, 6) is 1.25. The topological polar surface area (TPSA) is 50.8 Å². The van der Waals surface area contributed by atoms with E-state index in [9.17, 15) is 4.79 Å². The van der Waals surface area contributed by atoms with Gasteiger partial charge in [-0.25, -0.2) is 0 Å². The van der Waals surface area contributed by atoms with Gasteiger partial charge in [0.05, 0.1) is 13.7 Å². The average molecular weight is 473 g/mol. The first-order chi connectivity index (χ1) is 16.0. The number of halogens is 1. The van der Waals surface area contributed by atoms with Crippen LogP contribution in [0.2, 0.25) is 5.02 Å². The highest BCUT2D eigenvalue weighted by Crippen LogP contribution is 2.25. The highest BCUT2D eigenvalue weighted by molar-refractivity contribution is 6.30. The Morgan fingerprint density at radius 2 is 1.91 bits per heavy atom. The van der Waals surface area contributed by atoms with E-state index in [1.807, 2.05) is 36.4 Å². The van der Waals surface area contributed by atoms with E-state index in [2.05, 4.69) is 36.2 Å². The van der Waals surface area contributed by atoms with E-state index in [1.165, 1.54) is 12.7 Å². The van der Waals surface area contributed by atoms with E-state index in [0.29, 0.717) is 37.5 Å². The van der Waals surface area contributed by atoms with Gasteiger partial charge in [-0.05, 0) is 68.0 Å². The second-order valence-electron chi connectivity index (χ2n) is 9.06. The van der Waals surface area contributed by atoms with Crippen molar-refractivity contribution < 1.29 is 14.3 Å². The normalized spacial score (nSPS) is 21.0. The lowest BCUT2D eigenvalue weighted by atomic mass is 9.89. The van der Waals surface area contributed by atoms with Gasteiger partial charge < -0.3 is 14.8 Å². The zero-order valence-electron chi connectivity index (χ0n) is 20.1. The van der Waals surface area contributed by atoms with Gasteiger partial charge in [-0.1, -0.05) is 48.9 Å². The van der Waals surface area contributed by atoms with Gasteiger partial charge in [-0.2, -0.15) is 0 Å². The van der Waals surface area contributed by atoms with Crippen LogP contribution in [-0.4, -0.2) is 49.8 Å². The molecule has 1 heterocycles. The Hall–Kier alpha value is -2.08. The zero-order chi connectivity index (χ0) is 23.6. The molecule has 1 N–H and O–H groups in total. The first-order valence-corrected chi connectivity index (χ1v) is 12.3. The highest BCUT2D eigenvalue weighted by atomic mass is 35.5. The van der Waals surface area contributed by atoms with Crippen molar-refractivity contribution in [2.45, 2.75) is 58.2 Å². The number of carbonyl (C=O) groups excluding carboxylic acids is 1. The lowest BCUT2D eigenvalue weighted by Crippen LogP contribution is -2.52. The average Bonchev–Trinajstić information content (AvgIpc) is 2.82. The third-order valence-electron chi connectivity index (χ3n) is 6.51. The Morgan fingerprint density at radius 1 is 1.15 bits per heavy atom. The van der Waals surface area contributed by atoms with Crippen molar-refractivity contribution in [2.24, 2.45) is 5.92 Å². The van der Waals surface area contributed by atoms with Gasteiger partial charge >= 0.3 is 5.97 Å². The maximum atomic E-state index is 11.4. The number of ether oxygens (including phenoxy) is 2. The largest absolute Gasteiger partial charge is 0.493 e. The van der Waals surface area contributed by atoms with Gasteiger partial charge in [-0.15, -0.1) is 0 Å². The fourth-order valence-corrected chi connectivity index (χ4v) is 4.61. The van der Waals surface area contributed by atoms with Crippen LogP contribution in [0.15, 0.2) is 48.5 Å². The quantitative estimate of drug-likeness (QED) is 0.364. The molecule has 1 aliphatic heterocycles. The Morgan fingerprint density at radius 3 is 2.67 bits per heavy atom. The van der Waals surface area contributed by atoms with Crippen LogP contribution in [-0.2, 0) is 22.5 Å². The molecular weight excluding hydrogens is 436 g/mol. The Bertz CT molecular complexity index is 874. The minimum Gasteiger partial charge on any atom is -0.493 e. The number of carbonyl (C=O) groups is 1. The first-order valence-electron chi connectivity index (χ1n) is 12.0. The predicted molar refractivity (Wildman–Crippen MR) is 134 cm³/mol. The van der Waals surface area contributed by atoms with Gasteiger partial charge in [0.25, 0.3) is 0 Å². The number of piperidine rings is 1. The van der Waals surface area contributed by atoms with E-state index < -0.39 is 0 Å². The van der Waals surface area contributed by atoms with Crippen molar-refractivity contribution in [1.82, 2.24) is 10.2 Å². The molecule has 3 atom stereocenters. The summed E-state index contributed by atoms with van der Waals surface area (Å²) in [6, 6.07) is 17.2. The smallest absolute Gasteiger partial charge is 0.305 e. The summed E-state index contributed by atoms with van der Waals surface area (Å²) in [6.07, 6.45) is 3.08. The fraction of sp³-hybridized carbons (Fsp3) is 0.519. The number of likely N-dealkylation sites (tertiary alicyclic amines) is 1. The minimum absolute atomic E-state index is 0.198. The minimum atomic E-state index is -0.198. The molecule has 1 saturated heterocycles. The van der Waals surface area contributed by atoms with E-state index in [1.54, 1.807) is 0 Å². The zero-order valence-corrected chi connectivity index (χ0v) is 20.8. The lowest BCUT2D eigenvalue weighted by molar-refractivity contribution is -0.140. The van der Waals surface area contributed by atoms with Gasteiger partial charge in [-0.3, -0.25) is 9.69 Å². The van der Waals surface area contributed by atoms with Crippen LogP contribution in [0.25, 0.3) is 0 Å². The Kier molecular flexibility index (Phi) is 10.0. The number of hydrogen-bond donors (Lipinski definition) is 1. The van der Waals surface area contributed by atoms with Crippen molar-refractivity contribution in [3.8, 4) is 5.75 Å². The van der Waals surface area contributed by atoms with Crippen molar-refractivity contribution >= 4 is 17.6 Å². The van der Waals surface area contributed by atoms with E-state index in [0.717, 1.165) is 48.8 Å². The van der Waals surface area contributed by atoms with Crippen LogP contribution < -0.4 is 10.1 Å². The number of benzene rings is 2. The molecule has 6 heteroatoms. The van der Waals surface area contributed by atoms with Crippen LogP contribution in [0.4, 0.5) is 0 Å². The number of para-hydroxylation sites is 1. The number of methoxy groups -OCH3 is 1. The molecule has 0 amide bonds. The maximum Gasteiger partial charge on any atom is 0.305 e. The molecule has 0 spiro atoms. The number of esters is 1. The van der Waals surface area contributed by atoms with Crippen molar-refractivity contribution in [2.75, 3.05) is 26.8 Å². The van der Waals surface area contributed by atoms with E-state index >= 15 is 0 Å². The number of nitrogens with one attached hydrogen (secondary N) is 1. The molecule has 0 saturated carbocycles. The molecule has 2 aromatic rings. The molecule has 180 valence electrons. The summed E-state index contributed by atoms with van der Waals surface area (Å²) in [5.41, 5.74) is 2.36. The van der Waals surface area contributed by atoms with Crippen molar-refractivity contribution in [3.63, 3.8) is 0 Å². The van der Waals surface area contributed by atoms with Gasteiger partial charge in [0, 0.05) is 36.6 Å². The molecule has 0 aliphatic carbocycles. The molecule has 1 fully saturated rings. The molecule has 5 nitrogen and oxygen atoms in total. The van der Waals surface area contributed by atoms with Crippen LogP contribution in [0, 0.1) is 5.92 Å². The lowest BCUT2D eigenvalue weighted by Gasteiger charge is -2.42. The second kappa shape index (κ2) is 13.0. The molecule has 0 bridgehead atoms.